The number of hydrogen-bond donors (Lipinski definition) is 3. The number of aromatic nitrogens is 2. The second kappa shape index (κ2) is 10.9. The first kappa shape index (κ1) is 24.1. The van der Waals surface area contributed by atoms with Crippen LogP contribution in [-0.2, 0) is 17.8 Å². The molecule has 3 N–H and O–H groups in total. The van der Waals surface area contributed by atoms with Gasteiger partial charge in [-0.05, 0) is 37.3 Å². The van der Waals surface area contributed by atoms with Crippen LogP contribution in [0.4, 0.5) is 5.82 Å². The quantitative estimate of drug-likeness (QED) is 0.566. The Hall–Kier alpha value is -3.04. The van der Waals surface area contributed by atoms with Gasteiger partial charge >= 0.3 is 0 Å². The molecule has 1 aromatic heterocycles. The molecule has 1 aromatic carbocycles. The highest BCUT2D eigenvalue weighted by Crippen LogP contribution is 2.19. The van der Waals surface area contributed by atoms with Gasteiger partial charge in [-0.3, -0.25) is 14.5 Å². The largest absolute Gasteiger partial charge is 0.390 e. The Kier molecular flexibility index (Phi) is 7.74. The van der Waals surface area contributed by atoms with Gasteiger partial charge in [0.05, 0.1) is 12.1 Å². The number of benzene rings is 1. The number of carbonyl (C=O) groups is 2. The van der Waals surface area contributed by atoms with Gasteiger partial charge in [0.1, 0.15) is 17.8 Å². The normalized spacial score (nSPS) is 18.6. The minimum Gasteiger partial charge on any atom is -0.390 e. The minimum atomic E-state index is -0.694. The van der Waals surface area contributed by atoms with E-state index in [0.29, 0.717) is 25.5 Å². The van der Waals surface area contributed by atoms with Gasteiger partial charge < -0.3 is 20.6 Å². The number of hydrogen-bond acceptors (Lipinski definition) is 7. The summed E-state index contributed by atoms with van der Waals surface area (Å²) in [6.07, 6.45) is 3.30. The summed E-state index contributed by atoms with van der Waals surface area (Å²) < 4.78 is 0. The maximum Gasteiger partial charge on any atom is 0.270 e. The maximum absolute atomic E-state index is 12.8. The molecule has 9 heteroatoms. The van der Waals surface area contributed by atoms with Gasteiger partial charge in [-0.15, -0.1) is 0 Å². The molecule has 0 spiro atoms. The molecule has 1 unspecified atom stereocenters. The van der Waals surface area contributed by atoms with E-state index in [-0.39, 0.29) is 23.6 Å². The Morgan fingerprint density at radius 1 is 1.15 bits per heavy atom. The Morgan fingerprint density at radius 2 is 1.88 bits per heavy atom. The molecule has 2 aliphatic rings. The number of aliphatic hydroxyl groups is 1. The van der Waals surface area contributed by atoms with E-state index in [4.69, 9.17) is 0 Å². The summed E-state index contributed by atoms with van der Waals surface area (Å²) in [4.78, 5) is 36.7. The lowest BCUT2D eigenvalue weighted by atomic mass is 9.99. The van der Waals surface area contributed by atoms with Crippen LogP contribution < -0.4 is 10.6 Å². The zero-order valence-electron chi connectivity index (χ0n) is 19.9. The van der Waals surface area contributed by atoms with Crippen LogP contribution in [0.1, 0.15) is 48.3 Å². The van der Waals surface area contributed by atoms with Crippen LogP contribution >= 0.6 is 0 Å². The molecule has 0 radical (unpaired) electrons. The topological polar surface area (TPSA) is 111 Å². The molecule has 3 heterocycles. The van der Waals surface area contributed by atoms with E-state index in [1.54, 1.807) is 13.0 Å². The van der Waals surface area contributed by atoms with Crippen molar-refractivity contribution in [2.45, 2.75) is 57.8 Å². The molecule has 0 bridgehead atoms. The smallest absolute Gasteiger partial charge is 0.270 e. The molecule has 34 heavy (non-hydrogen) atoms. The van der Waals surface area contributed by atoms with Crippen LogP contribution in [0.3, 0.4) is 0 Å². The second-order valence-electron chi connectivity index (χ2n) is 9.30. The number of carbonyl (C=O) groups excluding carboxylic acids is 2. The summed E-state index contributed by atoms with van der Waals surface area (Å²) in [5.74, 6) is 0.342. The molecule has 0 saturated carbocycles. The Bertz CT molecular complexity index is 1010. The lowest BCUT2D eigenvalue weighted by Gasteiger charge is -2.32. The lowest BCUT2D eigenvalue weighted by molar-refractivity contribution is -0.129. The van der Waals surface area contributed by atoms with Gasteiger partial charge in [-0.1, -0.05) is 24.3 Å². The highest BCUT2D eigenvalue weighted by Gasteiger charge is 2.24. The van der Waals surface area contributed by atoms with Gasteiger partial charge in [-0.2, -0.15) is 0 Å². The van der Waals surface area contributed by atoms with Crippen molar-refractivity contribution in [2.75, 3.05) is 31.5 Å². The average molecular weight is 467 g/mol. The fourth-order valence-corrected chi connectivity index (χ4v) is 4.62. The fraction of sp³-hybridized carbons (Fsp3) is 0.520. The van der Waals surface area contributed by atoms with E-state index < -0.39 is 12.1 Å². The van der Waals surface area contributed by atoms with Gasteiger partial charge in [0.2, 0.25) is 5.91 Å². The van der Waals surface area contributed by atoms with Crippen molar-refractivity contribution in [1.29, 1.82) is 0 Å². The molecular formula is C25H34N6O3. The Morgan fingerprint density at radius 3 is 2.62 bits per heavy atom. The molecule has 1 saturated heterocycles. The molecule has 2 atom stereocenters. The predicted octanol–water partition coefficient (Wildman–Crippen LogP) is 1.44. The molecule has 9 nitrogen and oxygen atoms in total. The van der Waals surface area contributed by atoms with E-state index in [0.717, 1.165) is 32.4 Å². The van der Waals surface area contributed by atoms with Crippen molar-refractivity contribution in [3.8, 4) is 0 Å². The van der Waals surface area contributed by atoms with E-state index in [2.05, 4.69) is 43.7 Å². The molecular weight excluding hydrogens is 432 g/mol. The number of rotatable bonds is 7. The highest BCUT2D eigenvalue weighted by molar-refractivity contribution is 5.93. The molecule has 1 fully saturated rings. The van der Waals surface area contributed by atoms with Crippen molar-refractivity contribution in [1.82, 2.24) is 25.1 Å². The first-order valence-corrected chi connectivity index (χ1v) is 12.0. The highest BCUT2D eigenvalue weighted by atomic mass is 16.3. The van der Waals surface area contributed by atoms with E-state index in [9.17, 15) is 14.7 Å². The first-order valence-electron chi connectivity index (χ1n) is 12.0. The van der Waals surface area contributed by atoms with Crippen LogP contribution in [0.2, 0.25) is 0 Å². The molecule has 4 rings (SSSR count). The van der Waals surface area contributed by atoms with Crippen molar-refractivity contribution in [2.24, 2.45) is 0 Å². The molecule has 2 aliphatic heterocycles. The number of anilines is 1. The third-order valence-electron chi connectivity index (χ3n) is 6.78. The van der Waals surface area contributed by atoms with Crippen molar-refractivity contribution in [3.63, 3.8) is 0 Å². The maximum atomic E-state index is 12.8. The summed E-state index contributed by atoms with van der Waals surface area (Å²) in [5.41, 5.74) is 2.92. The van der Waals surface area contributed by atoms with Gasteiger partial charge in [0.15, 0.2) is 0 Å². The summed E-state index contributed by atoms with van der Waals surface area (Å²) in [6.45, 7) is 7.01. The number of likely N-dealkylation sites (tertiary alicyclic amines) is 1. The summed E-state index contributed by atoms with van der Waals surface area (Å²) in [6, 6.07) is 9.79. The number of aliphatic hydroxyl groups excluding tert-OH is 1. The zero-order valence-corrected chi connectivity index (χ0v) is 19.9. The average Bonchev–Trinajstić information content (AvgIpc) is 2.84. The fourth-order valence-electron chi connectivity index (χ4n) is 4.62. The zero-order chi connectivity index (χ0) is 24.1. The number of piperidine rings is 1. The van der Waals surface area contributed by atoms with Crippen LogP contribution in [0, 0.1) is 0 Å². The molecule has 182 valence electrons. The Labute approximate surface area is 200 Å². The monoisotopic (exact) mass is 466 g/mol. The summed E-state index contributed by atoms with van der Waals surface area (Å²) in [7, 11) is 0. The van der Waals surface area contributed by atoms with Crippen molar-refractivity contribution in [3.05, 3.63) is 53.5 Å². The minimum absolute atomic E-state index is 0.0980. The first-order chi connectivity index (χ1) is 16.4. The molecule has 0 aliphatic carbocycles. The number of fused-ring (bicyclic) bond motifs is 1. The standard InChI is InChI=1S/C25H34N6O3/c1-17(23(33)15-30-10-7-19-5-3-4-6-20(19)14-30)28-25(34)22-13-24(27-16-26-22)29-21-8-11-31(12-9-21)18(2)32/h3-6,13,16-17,21,23,33H,7-12,14-15H2,1-2H3,(H,28,34)(H,26,27,29)/t17-,23?/m0/s1. The van der Waals surface area contributed by atoms with E-state index in [1.165, 1.54) is 17.5 Å². The van der Waals surface area contributed by atoms with Gasteiger partial charge in [-0.25, -0.2) is 9.97 Å². The second-order valence-corrected chi connectivity index (χ2v) is 9.30. The summed E-state index contributed by atoms with van der Waals surface area (Å²) in [5, 5.41) is 16.9. The van der Waals surface area contributed by atoms with Crippen LogP contribution in [-0.4, -0.2) is 81.1 Å². The van der Waals surface area contributed by atoms with Crippen molar-refractivity contribution < 1.29 is 14.7 Å². The SMILES string of the molecule is CC(=O)N1CCC(Nc2cc(C(=O)N[C@@H](C)C(O)CN3CCc4ccccc4C3)ncn2)CC1. The van der Waals surface area contributed by atoms with Crippen LogP contribution in [0.5, 0.6) is 0 Å². The van der Waals surface area contributed by atoms with Gasteiger partial charge in [0, 0.05) is 51.8 Å². The Balaban J connectivity index is 1.27. The lowest BCUT2D eigenvalue weighted by Crippen LogP contribution is -2.47. The predicted molar refractivity (Wildman–Crippen MR) is 129 cm³/mol. The van der Waals surface area contributed by atoms with Gasteiger partial charge in [0.25, 0.3) is 5.91 Å². The van der Waals surface area contributed by atoms with E-state index in [1.807, 2.05) is 17.9 Å². The number of nitrogens with one attached hydrogen (secondary N) is 2. The van der Waals surface area contributed by atoms with Crippen molar-refractivity contribution >= 4 is 17.6 Å². The number of β-amino-alcohol motifs (C(OH)–C–C–N with tert-alkyl or cyclic N) is 1. The molecule has 2 amide bonds. The third kappa shape index (κ3) is 6.09. The number of nitrogens with zero attached hydrogens (tertiary/aromatic N) is 4. The van der Waals surface area contributed by atoms with Crippen LogP contribution in [0.25, 0.3) is 0 Å². The third-order valence-corrected chi connectivity index (χ3v) is 6.78. The number of amides is 2. The summed E-state index contributed by atoms with van der Waals surface area (Å²) >= 11 is 0. The van der Waals surface area contributed by atoms with Crippen LogP contribution in [0.15, 0.2) is 36.7 Å². The van der Waals surface area contributed by atoms with E-state index >= 15 is 0 Å². The molecule has 2 aromatic rings.